The molecule has 0 amide bonds. The zero-order valence-electron chi connectivity index (χ0n) is 3.18. The van der Waals surface area contributed by atoms with Crippen LogP contribution in [0.2, 0.25) is 0 Å². The van der Waals surface area contributed by atoms with Crippen LogP contribution in [0.3, 0.4) is 0 Å². The Hall–Kier alpha value is 0.180. The minimum absolute atomic E-state index is 1.02. The van der Waals surface area contributed by atoms with E-state index < -0.39 is 0 Å². The fourth-order valence-corrected chi connectivity index (χ4v) is 1.28. The zero-order chi connectivity index (χ0) is 4.41. The third-order valence-corrected chi connectivity index (χ3v) is 1.85. The summed E-state index contributed by atoms with van der Waals surface area (Å²) in [6, 6.07) is 0. The Morgan fingerprint density at radius 1 is 1.83 bits per heavy atom. The van der Waals surface area contributed by atoms with E-state index in [1.54, 1.807) is 11.8 Å². The van der Waals surface area contributed by atoms with Crippen LogP contribution in [0, 0.1) is 0 Å². The van der Waals surface area contributed by atoms with Crippen molar-refractivity contribution in [2.75, 3.05) is 5.75 Å². The number of rotatable bonds is 0. The van der Waals surface area contributed by atoms with Crippen molar-refractivity contribution in [1.29, 1.82) is 0 Å². The van der Waals surface area contributed by atoms with Crippen LogP contribution >= 0.6 is 24.0 Å². The molecule has 0 saturated heterocycles. The Labute approximate surface area is 46.6 Å². The summed E-state index contributed by atoms with van der Waals surface area (Å²) in [5, 5.41) is 2.03. The van der Waals surface area contributed by atoms with Crippen molar-refractivity contribution in [2.45, 2.75) is 0 Å². The highest BCUT2D eigenvalue weighted by molar-refractivity contribution is 8.04. The SMILES string of the molecule is S=C1C=CSC1. The van der Waals surface area contributed by atoms with Gasteiger partial charge in [-0.25, -0.2) is 0 Å². The molecule has 0 atom stereocenters. The molecule has 1 rings (SSSR count). The second-order valence-corrected chi connectivity index (χ2v) is 2.50. The molecule has 0 spiro atoms. The standard InChI is InChI=1S/C4H4S2/c5-4-1-2-6-3-4/h1-2H,3H2. The molecule has 1 heterocycles. The zero-order valence-corrected chi connectivity index (χ0v) is 4.81. The summed E-state index contributed by atoms with van der Waals surface area (Å²) in [7, 11) is 0. The van der Waals surface area contributed by atoms with Crippen LogP contribution in [0.5, 0.6) is 0 Å². The lowest BCUT2D eigenvalue weighted by Gasteiger charge is -1.75. The Balaban J connectivity index is 2.59. The van der Waals surface area contributed by atoms with Gasteiger partial charge in [0.2, 0.25) is 0 Å². The van der Waals surface area contributed by atoms with Crippen molar-refractivity contribution < 1.29 is 0 Å². The number of hydrogen-bond donors (Lipinski definition) is 0. The Bertz CT molecular complexity index is 93.7. The van der Waals surface area contributed by atoms with Crippen molar-refractivity contribution in [3.63, 3.8) is 0 Å². The monoisotopic (exact) mass is 116 g/mol. The second-order valence-electron chi connectivity index (χ2n) is 1.08. The quantitative estimate of drug-likeness (QED) is 0.441. The third-order valence-electron chi connectivity index (χ3n) is 0.576. The molecule has 0 radical (unpaired) electrons. The fraction of sp³-hybridized carbons (Fsp3) is 0.250. The van der Waals surface area contributed by atoms with Gasteiger partial charge in [0, 0.05) is 10.6 Å². The third kappa shape index (κ3) is 0.820. The van der Waals surface area contributed by atoms with Gasteiger partial charge in [0.1, 0.15) is 0 Å². The first kappa shape index (κ1) is 4.34. The minimum Gasteiger partial charge on any atom is -0.128 e. The van der Waals surface area contributed by atoms with Gasteiger partial charge in [0.15, 0.2) is 0 Å². The number of thioether (sulfide) groups is 1. The molecule has 0 aromatic rings. The van der Waals surface area contributed by atoms with Gasteiger partial charge < -0.3 is 0 Å². The van der Waals surface area contributed by atoms with Crippen molar-refractivity contribution in [2.24, 2.45) is 0 Å². The summed E-state index contributed by atoms with van der Waals surface area (Å²) < 4.78 is 0. The van der Waals surface area contributed by atoms with Crippen LogP contribution in [0.1, 0.15) is 0 Å². The normalized spacial score (nSPS) is 19.7. The molecule has 0 N–H and O–H groups in total. The summed E-state index contributed by atoms with van der Waals surface area (Å²) in [6.07, 6.45) is 1.97. The van der Waals surface area contributed by atoms with Gasteiger partial charge in [-0.05, 0) is 11.5 Å². The highest BCUT2D eigenvalue weighted by atomic mass is 32.2. The van der Waals surface area contributed by atoms with Crippen LogP contribution in [0.25, 0.3) is 0 Å². The van der Waals surface area contributed by atoms with Crippen molar-refractivity contribution in [3.8, 4) is 0 Å². The largest absolute Gasteiger partial charge is 0.128 e. The first-order chi connectivity index (χ1) is 2.89. The molecule has 32 valence electrons. The van der Waals surface area contributed by atoms with E-state index >= 15 is 0 Å². The molecule has 0 nitrogen and oxygen atoms in total. The van der Waals surface area contributed by atoms with E-state index in [2.05, 4.69) is 0 Å². The Kier molecular flexibility index (Phi) is 1.27. The molecule has 0 saturated carbocycles. The smallest absolute Gasteiger partial charge is 0.0328 e. The summed E-state index contributed by atoms with van der Waals surface area (Å²) in [5.41, 5.74) is 0. The lowest BCUT2D eigenvalue weighted by atomic mass is 10.5. The molecule has 0 aliphatic carbocycles. The molecule has 0 unspecified atom stereocenters. The summed E-state index contributed by atoms with van der Waals surface area (Å²) in [4.78, 5) is 1.07. The Morgan fingerprint density at radius 2 is 2.67 bits per heavy atom. The highest BCUT2D eigenvalue weighted by Crippen LogP contribution is 2.10. The van der Waals surface area contributed by atoms with E-state index in [0.717, 1.165) is 10.6 Å². The molecule has 0 aromatic heterocycles. The van der Waals surface area contributed by atoms with Crippen LogP contribution in [-0.2, 0) is 0 Å². The molecule has 2 heteroatoms. The van der Waals surface area contributed by atoms with Gasteiger partial charge in [0.05, 0.1) is 0 Å². The van der Waals surface area contributed by atoms with E-state index in [1.165, 1.54) is 0 Å². The van der Waals surface area contributed by atoms with Gasteiger partial charge in [0.25, 0.3) is 0 Å². The van der Waals surface area contributed by atoms with E-state index in [1.807, 2.05) is 11.5 Å². The van der Waals surface area contributed by atoms with Crippen LogP contribution in [0.15, 0.2) is 11.5 Å². The van der Waals surface area contributed by atoms with Crippen molar-refractivity contribution in [1.82, 2.24) is 0 Å². The average Bonchev–Trinajstić information content (AvgIpc) is 1.86. The minimum atomic E-state index is 1.02. The topological polar surface area (TPSA) is 0 Å². The van der Waals surface area contributed by atoms with E-state index in [9.17, 15) is 0 Å². The predicted octanol–water partition coefficient (Wildman–Crippen LogP) is 1.62. The summed E-state index contributed by atoms with van der Waals surface area (Å²) in [6.45, 7) is 0. The number of hydrogen-bond acceptors (Lipinski definition) is 2. The maximum Gasteiger partial charge on any atom is 0.0328 e. The Morgan fingerprint density at radius 3 is 2.83 bits per heavy atom. The summed E-state index contributed by atoms with van der Waals surface area (Å²) in [5.74, 6) is 1.02. The maximum atomic E-state index is 4.81. The van der Waals surface area contributed by atoms with E-state index in [-0.39, 0.29) is 0 Å². The molecule has 0 aromatic carbocycles. The summed E-state index contributed by atoms with van der Waals surface area (Å²) >= 11 is 6.57. The van der Waals surface area contributed by atoms with E-state index in [0.29, 0.717) is 0 Å². The van der Waals surface area contributed by atoms with Gasteiger partial charge in [-0.1, -0.05) is 12.2 Å². The molecule has 1 aliphatic rings. The molecule has 0 fully saturated rings. The van der Waals surface area contributed by atoms with Crippen LogP contribution in [0.4, 0.5) is 0 Å². The maximum absolute atomic E-state index is 4.81. The van der Waals surface area contributed by atoms with Crippen LogP contribution < -0.4 is 0 Å². The number of thiocarbonyl (C=S) groups is 1. The molecule has 1 aliphatic heterocycles. The molecular weight excluding hydrogens is 112 g/mol. The van der Waals surface area contributed by atoms with Gasteiger partial charge in [-0.3, -0.25) is 0 Å². The van der Waals surface area contributed by atoms with Crippen molar-refractivity contribution in [3.05, 3.63) is 11.5 Å². The first-order valence-corrected chi connectivity index (χ1v) is 3.16. The molecular formula is C4H4S2. The van der Waals surface area contributed by atoms with Gasteiger partial charge in [-0.2, -0.15) is 0 Å². The fourth-order valence-electron chi connectivity index (χ4n) is 0.302. The van der Waals surface area contributed by atoms with Crippen molar-refractivity contribution >= 4 is 28.8 Å². The van der Waals surface area contributed by atoms with Gasteiger partial charge >= 0.3 is 0 Å². The lowest BCUT2D eigenvalue weighted by molar-refractivity contribution is 2.10. The predicted molar refractivity (Wildman–Crippen MR) is 34.2 cm³/mol. The molecule has 6 heavy (non-hydrogen) atoms. The van der Waals surface area contributed by atoms with E-state index in [4.69, 9.17) is 12.2 Å². The highest BCUT2D eigenvalue weighted by Gasteiger charge is 1.94. The number of allylic oxidation sites excluding steroid dienone is 1. The lowest BCUT2D eigenvalue weighted by Crippen LogP contribution is -1.82. The van der Waals surface area contributed by atoms with Crippen LogP contribution in [-0.4, -0.2) is 10.6 Å². The second kappa shape index (κ2) is 1.76. The first-order valence-electron chi connectivity index (χ1n) is 1.70. The molecule has 0 bridgehead atoms. The average molecular weight is 116 g/mol. The van der Waals surface area contributed by atoms with Gasteiger partial charge in [-0.15, -0.1) is 11.8 Å².